The molecule has 3 heteroatoms. The quantitative estimate of drug-likeness (QED) is 0.896. The molecular formula is C15H18N2O. The first-order valence-electron chi connectivity index (χ1n) is 5.95. The standard InChI is InChI=1S/C15H18N2O/c1-15(16,10-12-6-5-9-17-11-12)13-7-3-4-8-14(13)18-2/h3-9,11H,10,16H2,1-2H3. The molecule has 0 spiro atoms. The third-order valence-electron chi connectivity index (χ3n) is 3.02. The Balaban J connectivity index is 2.30. The Hall–Kier alpha value is -1.87. The minimum Gasteiger partial charge on any atom is -0.496 e. The molecule has 0 saturated heterocycles. The largest absolute Gasteiger partial charge is 0.496 e. The Labute approximate surface area is 108 Å². The Bertz CT molecular complexity index is 509. The summed E-state index contributed by atoms with van der Waals surface area (Å²) < 4.78 is 5.37. The Morgan fingerprint density at radius 3 is 2.67 bits per heavy atom. The number of nitrogens with two attached hydrogens (primary N) is 1. The third kappa shape index (κ3) is 2.68. The number of nitrogens with zero attached hydrogens (tertiary/aromatic N) is 1. The van der Waals surface area contributed by atoms with E-state index < -0.39 is 5.54 Å². The second-order valence-corrected chi connectivity index (χ2v) is 4.66. The number of pyridine rings is 1. The lowest BCUT2D eigenvalue weighted by Gasteiger charge is -2.27. The molecule has 0 radical (unpaired) electrons. The summed E-state index contributed by atoms with van der Waals surface area (Å²) in [4.78, 5) is 4.12. The van der Waals surface area contributed by atoms with Crippen LogP contribution in [0.1, 0.15) is 18.1 Å². The van der Waals surface area contributed by atoms with Gasteiger partial charge in [-0.05, 0) is 31.0 Å². The molecule has 0 bridgehead atoms. The minimum atomic E-state index is -0.477. The molecule has 1 atom stereocenters. The van der Waals surface area contributed by atoms with Gasteiger partial charge >= 0.3 is 0 Å². The Morgan fingerprint density at radius 2 is 2.00 bits per heavy atom. The van der Waals surface area contributed by atoms with E-state index in [1.165, 1.54) is 0 Å². The molecule has 94 valence electrons. The monoisotopic (exact) mass is 242 g/mol. The molecule has 1 aromatic carbocycles. The van der Waals surface area contributed by atoms with E-state index in [1.807, 2.05) is 49.5 Å². The molecule has 3 nitrogen and oxygen atoms in total. The molecular weight excluding hydrogens is 224 g/mol. The van der Waals surface area contributed by atoms with Crippen LogP contribution in [0, 0.1) is 0 Å². The van der Waals surface area contributed by atoms with Crippen molar-refractivity contribution in [2.75, 3.05) is 7.11 Å². The van der Waals surface area contributed by atoms with E-state index in [1.54, 1.807) is 13.3 Å². The predicted octanol–water partition coefficient (Wildman–Crippen LogP) is 2.51. The van der Waals surface area contributed by atoms with Crippen LogP contribution in [0.5, 0.6) is 5.75 Å². The van der Waals surface area contributed by atoms with E-state index in [2.05, 4.69) is 4.98 Å². The number of methoxy groups -OCH3 is 1. The molecule has 2 N–H and O–H groups in total. The van der Waals surface area contributed by atoms with E-state index in [4.69, 9.17) is 10.5 Å². The molecule has 1 heterocycles. The van der Waals surface area contributed by atoms with Crippen LogP contribution in [0.4, 0.5) is 0 Å². The Kier molecular flexibility index (Phi) is 3.63. The average molecular weight is 242 g/mol. The van der Waals surface area contributed by atoms with Crippen molar-refractivity contribution in [3.8, 4) is 5.75 Å². The number of ether oxygens (including phenoxy) is 1. The highest BCUT2D eigenvalue weighted by Gasteiger charge is 2.25. The van der Waals surface area contributed by atoms with Gasteiger partial charge in [0.25, 0.3) is 0 Å². The first-order chi connectivity index (χ1) is 8.63. The fraction of sp³-hybridized carbons (Fsp3) is 0.267. The van der Waals surface area contributed by atoms with Crippen LogP contribution < -0.4 is 10.5 Å². The second-order valence-electron chi connectivity index (χ2n) is 4.66. The van der Waals surface area contributed by atoms with Crippen molar-refractivity contribution in [1.29, 1.82) is 0 Å². The van der Waals surface area contributed by atoms with Gasteiger partial charge in [-0.15, -0.1) is 0 Å². The van der Waals surface area contributed by atoms with Gasteiger partial charge in [-0.1, -0.05) is 24.3 Å². The molecule has 0 aliphatic carbocycles. The molecule has 1 unspecified atom stereocenters. The highest BCUT2D eigenvalue weighted by molar-refractivity contribution is 5.39. The fourth-order valence-corrected chi connectivity index (χ4v) is 2.14. The molecule has 2 aromatic rings. The zero-order valence-electron chi connectivity index (χ0n) is 10.8. The smallest absolute Gasteiger partial charge is 0.123 e. The van der Waals surface area contributed by atoms with Crippen LogP contribution >= 0.6 is 0 Å². The van der Waals surface area contributed by atoms with Crippen LogP contribution in [0.3, 0.4) is 0 Å². The maximum atomic E-state index is 6.44. The zero-order chi connectivity index (χ0) is 13.0. The van der Waals surface area contributed by atoms with Gasteiger partial charge in [-0.2, -0.15) is 0 Å². The summed E-state index contributed by atoms with van der Waals surface area (Å²) in [5, 5.41) is 0. The molecule has 2 rings (SSSR count). The number of aromatic nitrogens is 1. The van der Waals surface area contributed by atoms with Crippen LogP contribution in [-0.4, -0.2) is 12.1 Å². The molecule has 1 aromatic heterocycles. The fourth-order valence-electron chi connectivity index (χ4n) is 2.14. The maximum absolute atomic E-state index is 6.44. The molecule has 0 saturated carbocycles. The summed E-state index contributed by atoms with van der Waals surface area (Å²) in [7, 11) is 1.67. The molecule has 0 aliphatic heterocycles. The lowest BCUT2D eigenvalue weighted by Crippen LogP contribution is -2.35. The van der Waals surface area contributed by atoms with Gasteiger partial charge in [-0.25, -0.2) is 0 Å². The van der Waals surface area contributed by atoms with Crippen LogP contribution in [0.15, 0.2) is 48.8 Å². The van der Waals surface area contributed by atoms with E-state index in [0.29, 0.717) is 0 Å². The van der Waals surface area contributed by atoms with Crippen LogP contribution in [-0.2, 0) is 12.0 Å². The predicted molar refractivity (Wildman–Crippen MR) is 72.5 cm³/mol. The van der Waals surface area contributed by atoms with Gasteiger partial charge in [0.2, 0.25) is 0 Å². The highest BCUT2D eigenvalue weighted by Crippen LogP contribution is 2.30. The number of hydrogen-bond acceptors (Lipinski definition) is 3. The van der Waals surface area contributed by atoms with Gasteiger partial charge in [0.05, 0.1) is 7.11 Å². The summed E-state index contributed by atoms with van der Waals surface area (Å²) in [6.45, 7) is 2.01. The average Bonchev–Trinajstić information content (AvgIpc) is 2.39. The normalized spacial score (nSPS) is 13.9. The van der Waals surface area contributed by atoms with Crippen molar-refractivity contribution in [3.05, 3.63) is 59.9 Å². The van der Waals surface area contributed by atoms with Crippen molar-refractivity contribution < 1.29 is 4.74 Å². The lowest BCUT2D eigenvalue weighted by atomic mass is 9.86. The molecule has 0 fully saturated rings. The topological polar surface area (TPSA) is 48.1 Å². The maximum Gasteiger partial charge on any atom is 0.123 e. The van der Waals surface area contributed by atoms with Crippen molar-refractivity contribution in [3.63, 3.8) is 0 Å². The number of rotatable bonds is 4. The number of benzene rings is 1. The second kappa shape index (κ2) is 5.19. The van der Waals surface area contributed by atoms with E-state index >= 15 is 0 Å². The lowest BCUT2D eigenvalue weighted by molar-refractivity contribution is 0.386. The van der Waals surface area contributed by atoms with Gasteiger partial charge in [0.15, 0.2) is 0 Å². The van der Waals surface area contributed by atoms with Crippen molar-refractivity contribution in [2.24, 2.45) is 5.73 Å². The number of hydrogen-bond donors (Lipinski definition) is 1. The van der Waals surface area contributed by atoms with Gasteiger partial charge in [0, 0.05) is 23.5 Å². The first-order valence-corrected chi connectivity index (χ1v) is 5.95. The van der Waals surface area contributed by atoms with E-state index in [-0.39, 0.29) is 0 Å². The van der Waals surface area contributed by atoms with Gasteiger partial charge in [-0.3, -0.25) is 4.98 Å². The van der Waals surface area contributed by atoms with Crippen molar-refractivity contribution >= 4 is 0 Å². The van der Waals surface area contributed by atoms with Crippen LogP contribution in [0.2, 0.25) is 0 Å². The zero-order valence-corrected chi connectivity index (χ0v) is 10.8. The Morgan fingerprint density at radius 1 is 1.22 bits per heavy atom. The third-order valence-corrected chi connectivity index (χ3v) is 3.02. The first kappa shape index (κ1) is 12.6. The van der Waals surface area contributed by atoms with E-state index in [0.717, 1.165) is 23.3 Å². The van der Waals surface area contributed by atoms with Crippen LogP contribution in [0.25, 0.3) is 0 Å². The molecule has 0 aliphatic rings. The van der Waals surface area contributed by atoms with E-state index in [9.17, 15) is 0 Å². The minimum absolute atomic E-state index is 0.477. The molecule has 0 amide bonds. The summed E-state index contributed by atoms with van der Waals surface area (Å²) in [6.07, 6.45) is 4.34. The van der Waals surface area contributed by atoms with Gasteiger partial charge < -0.3 is 10.5 Å². The summed E-state index contributed by atoms with van der Waals surface area (Å²) >= 11 is 0. The van der Waals surface area contributed by atoms with Crippen molar-refractivity contribution in [1.82, 2.24) is 4.98 Å². The number of para-hydroxylation sites is 1. The summed E-state index contributed by atoms with van der Waals surface area (Å²) in [6, 6.07) is 11.8. The summed E-state index contributed by atoms with van der Waals surface area (Å²) in [5.74, 6) is 0.825. The summed E-state index contributed by atoms with van der Waals surface area (Å²) in [5.41, 5.74) is 8.09. The van der Waals surface area contributed by atoms with Gasteiger partial charge in [0.1, 0.15) is 5.75 Å². The SMILES string of the molecule is COc1ccccc1C(C)(N)Cc1cccnc1. The highest BCUT2D eigenvalue weighted by atomic mass is 16.5. The molecule has 18 heavy (non-hydrogen) atoms. The van der Waals surface area contributed by atoms with Crippen molar-refractivity contribution in [2.45, 2.75) is 18.9 Å².